The van der Waals surface area contributed by atoms with Crippen molar-refractivity contribution in [2.24, 2.45) is 0 Å². The molecule has 1 aliphatic carbocycles. The van der Waals surface area contributed by atoms with Gasteiger partial charge in [-0.25, -0.2) is 0 Å². The van der Waals surface area contributed by atoms with Crippen molar-refractivity contribution in [1.29, 1.82) is 0 Å². The number of carbonyl (C=O) groups excluding carboxylic acids is 1. The maximum absolute atomic E-state index is 10.2. The number of rotatable bonds is 5. The second-order valence-electron chi connectivity index (χ2n) is 7.82. The van der Waals surface area contributed by atoms with Gasteiger partial charge in [0.25, 0.3) is 0 Å². The number of nitrogens with zero attached hydrogens (tertiary/aromatic N) is 1. The number of pyridine rings is 1. The molecule has 0 aromatic carbocycles. The Bertz CT molecular complexity index is 527. The van der Waals surface area contributed by atoms with Gasteiger partial charge in [-0.05, 0) is 64.0 Å². The first-order valence-corrected chi connectivity index (χ1v) is 9.37. The highest BCUT2D eigenvalue weighted by molar-refractivity contribution is 5.66. The topological polar surface area (TPSA) is 39.2 Å². The van der Waals surface area contributed by atoms with E-state index in [4.69, 9.17) is 9.72 Å². The molecule has 136 valence electrons. The van der Waals surface area contributed by atoms with Crippen LogP contribution < -0.4 is 0 Å². The number of aryl methyl sites for hydroxylation is 1. The lowest BCUT2D eigenvalue weighted by Gasteiger charge is -2.17. The fourth-order valence-corrected chi connectivity index (χ4v) is 2.66. The Labute approximate surface area is 148 Å². The summed E-state index contributed by atoms with van der Waals surface area (Å²) < 4.78 is 4.80. The number of aromatic nitrogens is 1. The Balaban J connectivity index is 0.000000307. The normalized spacial score (nSPS) is 15.3. The lowest BCUT2D eigenvalue weighted by Crippen LogP contribution is -2.21. The Morgan fingerprint density at radius 1 is 1.29 bits per heavy atom. The molecule has 1 saturated carbocycles. The molecule has 0 amide bonds. The molecule has 0 spiro atoms. The van der Waals surface area contributed by atoms with Crippen LogP contribution in [0.4, 0.5) is 0 Å². The summed E-state index contributed by atoms with van der Waals surface area (Å²) >= 11 is 0. The fraction of sp³-hybridized carbons (Fsp3) is 0.714. The molecule has 1 aliphatic rings. The minimum atomic E-state index is -0.328. The van der Waals surface area contributed by atoms with Crippen LogP contribution in [-0.2, 0) is 16.0 Å². The Morgan fingerprint density at radius 3 is 2.29 bits per heavy atom. The van der Waals surface area contributed by atoms with E-state index in [1.165, 1.54) is 56.0 Å². The van der Waals surface area contributed by atoms with Crippen LogP contribution in [0.3, 0.4) is 0 Å². The highest BCUT2D eigenvalue weighted by atomic mass is 16.6. The van der Waals surface area contributed by atoms with E-state index in [1.54, 1.807) is 0 Å². The highest BCUT2D eigenvalue weighted by Gasteiger charge is 2.26. The molecular weight excluding hydrogens is 298 g/mol. The lowest BCUT2D eigenvalue weighted by molar-refractivity contribution is -0.151. The second kappa shape index (κ2) is 9.19. The maximum atomic E-state index is 10.2. The monoisotopic (exact) mass is 333 g/mol. The Kier molecular flexibility index (Phi) is 7.92. The van der Waals surface area contributed by atoms with Gasteiger partial charge in [0, 0.05) is 24.2 Å². The molecule has 3 heteroatoms. The molecule has 1 atom stereocenters. The van der Waals surface area contributed by atoms with E-state index in [0.717, 1.165) is 5.92 Å². The zero-order valence-corrected chi connectivity index (χ0v) is 16.6. The van der Waals surface area contributed by atoms with Gasteiger partial charge in [0.15, 0.2) is 0 Å². The molecule has 1 aromatic heterocycles. The first-order chi connectivity index (χ1) is 11.2. The van der Waals surface area contributed by atoms with Crippen molar-refractivity contribution in [2.75, 3.05) is 0 Å². The van der Waals surface area contributed by atoms with Crippen LogP contribution in [0.25, 0.3) is 0 Å². The Morgan fingerprint density at radius 2 is 1.92 bits per heavy atom. The van der Waals surface area contributed by atoms with Gasteiger partial charge in [0.2, 0.25) is 0 Å². The van der Waals surface area contributed by atoms with Gasteiger partial charge < -0.3 is 4.74 Å². The van der Waals surface area contributed by atoms with E-state index in [-0.39, 0.29) is 11.6 Å². The third-order valence-corrected chi connectivity index (χ3v) is 4.08. The van der Waals surface area contributed by atoms with Crippen molar-refractivity contribution in [2.45, 2.75) is 98.0 Å². The van der Waals surface area contributed by atoms with E-state index in [2.05, 4.69) is 32.9 Å². The minimum Gasteiger partial charge on any atom is -0.460 e. The Hall–Kier alpha value is -1.38. The lowest BCUT2D eigenvalue weighted by atomic mass is 9.96. The molecule has 2 rings (SSSR count). The number of esters is 1. The largest absolute Gasteiger partial charge is 0.460 e. The molecule has 0 bridgehead atoms. The van der Waals surface area contributed by atoms with Gasteiger partial charge in [-0.1, -0.05) is 33.3 Å². The van der Waals surface area contributed by atoms with Gasteiger partial charge in [-0.15, -0.1) is 0 Å². The molecule has 3 nitrogen and oxygen atoms in total. The third-order valence-electron chi connectivity index (χ3n) is 4.08. The fourth-order valence-electron chi connectivity index (χ4n) is 2.66. The molecule has 1 fully saturated rings. The third kappa shape index (κ3) is 7.46. The molecule has 1 heterocycles. The smallest absolute Gasteiger partial charge is 0.303 e. The van der Waals surface area contributed by atoms with Gasteiger partial charge in [-0.2, -0.15) is 0 Å². The van der Waals surface area contributed by atoms with Crippen molar-refractivity contribution in [1.82, 2.24) is 4.98 Å². The molecular formula is C21H35NO2. The first-order valence-electron chi connectivity index (χ1n) is 9.37. The standard InChI is InChI=1S/C15H23N.C6H12O2/c1-4-6-13-9-10-14(12-7-8-12)16-15(13)11(3)5-2;1-5(7)8-6(2,3)4/h9-12H,4-8H2,1-3H3;1-4H3. The summed E-state index contributed by atoms with van der Waals surface area (Å²) in [6.45, 7) is 13.7. The minimum absolute atomic E-state index is 0.225. The summed E-state index contributed by atoms with van der Waals surface area (Å²) in [6.07, 6.45) is 6.28. The summed E-state index contributed by atoms with van der Waals surface area (Å²) in [5, 5.41) is 0. The van der Waals surface area contributed by atoms with E-state index in [0.29, 0.717) is 5.92 Å². The van der Waals surface area contributed by atoms with Crippen molar-refractivity contribution in [3.05, 3.63) is 29.1 Å². The number of hydrogen-bond acceptors (Lipinski definition) is 3. The number of hydrogen-bond donors (Lipinski definition) is 0. The van der Waals surface area contributed by atoms with Crippen molar-refractivity contribution >= 4 is 5.97 Å². The van der Waals surface area contributed by atoms with Gasteiger partial charge in [-0.3, -0.25) is 9.78 Å². The summed E-state index contributed by atoms with van der Waals surface area (Å²) in [4.78, 5) is 15.2. The van der Waals surface area contributed by atoms with Crippen LogP contribution in [0, 0.1) is 0 Å². The maximum Gasteiger partial charge on any atom is 0.303 e. The molecule has 1 aromatic rings. The van der Waals surface area contributed by atoms with Crippen LogP contribution in [0.1, 0.15) is 103 Å². The summed E-state index contributed by atoms with van der Waals surface area (Å²) in [6, 6.07) is 4.58. The van der Waals surface area contributed by atoms with Crippen LogP contribution in [0.2, 0.25) is 0 Å². The van der Waals surface area contributed by atoms with Gasteiger partial charge >= 0.3 is 5.97 Å². The summed E-state index contributed by atoms with van der Waals surface area (Å²) in [5.41, 5.74) is 3.86. The van der Waals surface area contributed by atoms with E-state index in [1.807, 2.05) is 20.8 Å². The van der Waals surface area contributed by atoms with Crippen LogP contribution in [-0.4, -0.2) is 16.6 Å². The van der Waals surface area contributed by atoms with Crippen molar-refractivity contribution < 1.29 is 9.53 Å². The van der Waals surface area contributed by atoms with Crippen molar-refractivity contribution in [3.8, 4) is 0 Å². The average Bonchev–Trinajstić information content (AvgIpc) is 3.30. The first kappa shape index (κ1) is 20.7. The van der Waals surface area contributed by atoms with Gasteiger partial charge in [0.05, 0.1) is 0 Å². The molecule has 0 radical (unpaired) electrons. The molecule has 0 N–H and O–H groups in total. The molecule has 1 unspecified atom stereocenters. The molecule has 24 heavy (non-hydrogen) atoms. The van der Waals surface area contributed by atoms with Crippen molar-refractivity contribution in [3.63, 3.8) is 0 Å². The number of ether oxygens (including phenoxy) is 1. The van der Waals surface area contributed by atoms with Crippen LogP contribution in [0.15, 0.2) is 12.1 Å². The number of carbonyl (C=O) groups is 1. The zero-order valence-electron chi connectivity index (χ0n) is 16.6. The van der Waals surface area contributed by atoms with E-state index >= 15 is 0 Å². The predicted octanol–water partition coefficient (Wildman–Crippen LogP) is 5.77. The molecule has 0 saturated heterocycles. The van der Waals surface area contributed by atoms with Gasteiger partial charge in [0.1, 0.15) is 5.60 Å². The SMILES string of the molecule is CC(=O)OC(C)(C)C.CCCc1ccc(C2CC2)nc1C(C)CC. The zero-order chi connectivity index (χ0) is 18.3. The van der Waals surface area contributed by atoms with E-state index in [9.17, 15) is 4.79 Å². The highest BCUT2D eigenvalue weighted by Crippen LogP contribution is 2.39. The predicted molar refractivity (Wildman–Crippen MR) is 100 cm³/mol. The molecule has 0 aliphatic heterocycles. The van der Waals surface area contributed by atoms with Crippen LogP contribution in [0.5, 0.6) is 0 Å². The van der Waals surface area contributed by atoms with E-state index < -0.39 is 0 Å². The second-order valence-corrected chi connectivity index (χ2v) is 7.82. The summed E-state index contributed by atoms with van der Waals surface area (Å²) in [5.74, 6) is 1.16. The van der Waals surface area contributed by atoms with Crippen LogP contribution >= 0.6 is 0 Å². The summed E-state index contributed by atoms with van der Waals surface area (Å²) in [7, 11) is 0. The average molecular weight is 334 g/mol. The quantitative estimate of drug-likeness (QED) is 0.642.